The van der Waals surface area contributed by atoms with Crippen molar-refractivity contribution in [1.82, 2.24) is 0 Å². The van der Waals surface area contributed by atoms with E-state index in [9.17, 15) is 30.3 Å². The summed E-state index contributed by atoms with van der Waals surface area (Å²) in [5.74, 6) is -0.219. The highest BCUT2D eigenvalue weighted by atomic mass is 16.7. The molecule has 1 aliphatic heterocycles. The highest BCUT2D eigenvalue weighted by molar-refractivity contribution is 5.92. The maximum Gasteiger partial charge on any atom is 0.186 e. The topological polar surface area (TPSA) is 137 Å². The van der Waals surface area contributed by atoms with E-state index in [1.165, 1.54) is 0 Å². The third-order valence-electron chi connectivity index (χ3n) is 5.22. The molecule has 0 amide bonds. The molecule has 1 heterocycles. The molecule has 2 aliphatic rings. The van der Waals surface area contributed by atoms with Crippen LogP contribution in [0, 0.1) is 11.3 Å². The lowest BCUT2D eigenvalue weighted by Crippen LogP contribution is -2.59. The van der Waals surface area contributed by atoms with Crippen molar-refractivity contribution in [2.45, 2.75) is 64.0 Å². The second kappa shape index (κ2) is 8.91. The molecule has 3 unspecified atom stereocenters. The summed E-state index contributed by atoms with van der Waals surface area (Å²) < 4.78 is 11.1. The Morgan fingerprint density at radius 2 is 2.00 bits per heavy atom. The van der Waals surface area contributed by atoms with E-state index in [1.54, 1.807) is 19.1 Å². The van der Waals surface area contributed by atoms with E-state index in [0.29, 0.717) is 0 Å². The first-order valence-corrected chi connectivity index (χ1v) is 9.08. The fourth-order valence-electron chi connectivity index (χ4n) is 3.73. The summed E-state index contributed by atoms with van der Waals surface area (Å²) in [6.45, 7) is 4.82. The SMILES string of the molecule is CC1=CC(=O)CC(C)(CO[C@@H]2O[C@H](CO)[C@@H](O)[C@H](O)[C@H]2O)C1/C=C/C(C)O. The summed E-state index contributed by atoms with van der Waals surface area (Å²) in [6, 6.07) is 0. The number of ketones is 1. The number of carbonyl (C=O) groups is 1. The van der Waals surface area contributed by atoms with E-state index in [4.69, 9.17) is 9.47 Å². The van der Waals surface area contributed by atoms with Gasteiger partial charge >= 0.3 is 0 Å². The van der Waals surface area contributed by atoms with Gasteiger partial charge in [-0.15, -0.1) is 0 Å². The van der Waals surface area contributed by atoms with E-state index in [0.717, 1.165) is 5.57 Å². The van der Waals surface area contributed by atoms with Gasteiger partial charge in [0, 0.05) is 17.8 Å². The average Bonchev–Trinajstić information content (AvgIpc) is 2.58. The summed E-state index contributed by atoms with van der Waals surface area (Å²) >= 11 is 0. The molecule has 0 spiro atoms. The van der Waals surface area contributed by atoms with Crippen LogP contribution in [0.2, 0.25) is 0 Å². The van der Waals surface area contributed by atoms with Crippen LogP contribution >= 0.6 is 0 Å². The average molecular weight is 386 g/mol. The minimum absolute atomic E-state index is 0.0292. The van der Waals surface area contributed by atoms with Crippen LogP contribution in [-0.2, 0) is 14.3 Å². The summed E-state index contributed by atoms with van der Waals surface area (Å²) in [4.78, 5) is 12.1. The maximum absolute atomic E-state index is 12.1. The Morgan fingerprint density at radius 3 is 2.59 bits per heavy atom. The molecule has 1 aliphatic carbocycles. The minimum atomic E-state index is -1.52. The van der Waals surface area contributed by atoms with Gasteiger partial charge in [-0.2, -0.15) is 0 Å². The molecule has 5 N–H and O–H groups in total. The second-order valence-corrected chi connectivity index (χ2v) is 7.80. The second-order valence-electron chi connectivity index (χ2n) is 7.80. The van der Waals surface area contributed by atoms with Crippen LogP contribution in [0.3, 0.4) is 0 Å². The molecule has 0 saturated carbocycles. The molecule has 1 saturated heterocycles. The van der Waals surface area contributed by atoms with Gasteiger partial charge in [-0.3, -0.25) is 4.79 Å². The van der Waals surface area contributed by atoms with Crippen LogP contribution in [0.4, 0.5) is 0 Å². The van der Waals surface area contributed by atoms with Gasteiger partial charge in [-0.25, -0.2) is 0 Å². The zero-order chi connectivity index (χ0) is 20.4. The summed E-state index contributed by atoms with van der Waals surface area (Å²) in [6.07, 6.45) is -2.15. The molecule has 8 nitrogen and oxygen atoms in total. The normalized spacial score (nSPS) is 41.6. The first kappa shape index (κ1) is 22.2. The number of aliphatic hydroxyl groups excluding tert-OH is 5. The quantitative estimate of drug-likeness (QED) is 0.377. The van der Waals surface area contributed by atoms with Crippen molar-refractivity contribution in [3.05, 3.63) is 23.8 Å². The van der Waals surface area contributed by atoms with E-state index < -0.39 is 48.8 Å². The highest BCUT2D eigenvalue weighted by Gasteiger charge is 2.46. The predicted octanol–water partition coefficient (Wildman–Crippen LogP) is -0.718. The predicted molar refractivity (Wildman–Crippen MR) is 95.5 cm³/mol. The molecule has 8 atom stereocenters. The van der Waals surface area contributed by atoms with Crippen molar-refractivity contribution < 1.29 is 39.8 Å². The van der Waals surface area contributed by atoms with Gasteiger partial charge in [0.05, 0.1) is 19.3 Å². The number of carbonyl (C=O) groups excluding carboxylic acids is 1. The summed E-state index contributed by atoms with van der Waals surface area (Å²) in [5.41, 5.74) is 0.183. The maximum atomic E-state index is 12.1. The summed E-state index contributed by atoms with van der Waals surface area (Å²) in [5, 5.41) is 48.6. The Kier molecular flexibility index (Phi) is 7.32. The van der Waals surface area contributed by atoms with Crippen molar-refractivity contribution in [1.29, 1.82) is 0 Å². The molecule has 0 bridgehead atoms. The third kappa shape index (κ3) is 5.03. The molecule has 1 fully saturated rings. The Morgan fingerprint density at radius 1 is 1.33 bits per heavy atom. The van der Waals surface area contributed by atoms with Gasteiger partial charge in [-0.1, -0.05) is 24.6 Å². The van der Waals surface area contributed by atoms with E-state index in [-0.39, 0.29) is 24.7 Å². The van der Waals surface area contributed by atoms with Gasteiger partial charge in [0.2, 0.25) is 0 Å². The van der Waals surface area contributed by atoms with Crippen molar-refractivity contribution >= 4 is 5.78 Å². The lowest BCUT2D eigenvalue weighted by molar-refractivity contribution is -0.306. The first-order chi connectivity index (χ1) is 12.6. The molecule has 8 heteroatoms. The van der Waals surface area contributed by atoms with Crippen molar-refractivity contribution in [3.63, 3.8) is 0 Å². The summed E-state index contributed by atoms with van der Waals surface area (Å²) in [7, 11) is 0. The van der Waals surface area contributed by atoms with Gasteiger partial charge in [0.1, 0.15) is 24.4 Å². The van der Waals surface area contributed by atoms with Crippen LogP contribution in [-0.4, -0.2) is 81.3 Å². The zero-order valence-corrected chi connectivity index (χ0v) is 15.9. The Hall–Kier alpha value is -1.13. The molecular weight excluding hydrogens is 356 g/mol. The monoisotopic (exact) mass is 386 g/mol. The fourth-order valence-corrected chi connectivity index (χ4v) is 3.73. The number of rotatable bonds is 6. The molecule has 0 aromatic rings. The molecular formula is C19H30O8. The molecule has 0 radical (unpaired) electrons. The first-order valence-electron chi connectivity index (χ1n) is 9.08. The molecule has 0 aromatic carbocycles. The number of aliphatic hydroxyl groups is 5. The minimum Gasteiger partial charge on any atom is -0.394 e. The largest absolute Gasteiger partial charge is 0.394 e. The van der Waals surface area contributed by atoms with Gasteiger partial charge < -0.3 is 35.0 Å². The fraction of sp³-hybridized carbons (Fsp3) is 0.737. The van der Waals surface area contributed by atoms with E-state index in [2.05, 4.69) is 0 Å². The Balaban J connectivity index is 2.15. The lowest BCUT2D eigenvalue weighted by atomic mass is 9.67. The van der Waals surface area contributed by atoms with Crippen LogP contribution in [0.1, 0.15) is 27.2 Å². The Bertz CT molecular complexity index is 584. The number of hydrogen-bond donors (Lipinski definition) is 5. The smallest absolute Gasteiger partial charge is 0.186 e. The van der Waals surface area contributed by atoms with Gasteiger partial charge in [0.15, 0.2) is 12.1 Å². The Labute approximate surface area is 158 Å². The third-order valence-corrected chi connectivity index (χ3v) is 5.22. The number of allylic oxidation sites excluding steroid dienone is 3. The highest BCUT2D eigenvalue weighted by Crippen LogP contribution is 2.42. The van der Waals surface area contributed by atoms with Crippen molar-refractivity contribution in [2.24, 2.45) is 11.3 Å². The molecule has 0 aromatic heterocycles. The molecule has 154 valence electrons. The van der Waals surface area contributed by atoms with E-state index in [1.807, 2.05) is 19.9 Å². The number of hydrogen-bond acceptors (Lipinski definition) is 8. The van der Waals surface area contributed by atoms with Crippen LogP contribution in [0.25, 0.3) is 0 Å². The van der Waals surface area contributed by atoms with Crippen LogP contribution < -0.4 is 0 Å². The molecule has 27 heavy (non-hydrogen) atoms. The zero-order valence-electron chi connectivity index (χ0n) is 15.9. The van der Waals surface area contributed by atoms with Crippen LogP contribution in [0.15, 0.2) is 23.8 Å². The van der Waals surface area contributed by atoms with E-state index >= 15 is 0 Å². The lowest BCUT2D eigenvalue weighted by Gasteiger charge is -2.43. The van der Waals surface area contributed by atoms with Gasteiger partial charge in [0.25, 0.3) is 0 Å². The number of ether oxygens (including phenoxy) is 2. The van der Waals surface area contributed by atoms with Gasteiger partial charge in [-0.05, 0) is 19.9 Å². The van der Waals surface area contributed by atoms with Crippen LogP contribution in [0.5, 0.6) is 0 Å². The van der Waals surface area contributed by atoms with Crippen molar-refractivity contribution in [3.8, 4) is 0 Å². The van der Waals surface area contributed by atoms with Crippen molar-refractivity contribution in [2.75, 3.05) is 13.2 Å². The molecule has 2 rings (SSSR count). The standard InChI is InChI=1S/C19H30O8/c1-10-6-12(22)7-19(3,13(10)5-4-11(2)21)9-26-18-17(25)16(24)15(23)14(8-20)27-18/h4-6,11,13-18,20-21,23-25H,7-9H2,1-3H3/b5-4+/t11?,13?,14-,15-,16+,17-,18-,19?/m1/s1.